The Labute approximate surface area is 223 Å². The van der Waals surface area contributed by atoms with Crippen LogP contribution in [0.2, 0.25) is 0 Å². The smallest absolute Gasteiger partial charge is 0.322 e. The quantitative estimate of drug-likeness (QED) is 0.412. The molecule has 8 nitrogen and oxygen atoms in total. The Morgan fingerprint density at radius 1 is 1.24 bits per heavy atom. The monoisotopic (exact) mass is 566 g/mol. The summed E-state index contributed by atoms with van der Waals surface area (Å²) in [4.78, 5) is 11.6. The number of alkyl halides is 2. The van der Waals surface area contributed by atoms with Gasteiger partial charge in [0.1, 0.15) is 22.8 Å². The topological polar surface area (TPSA) is 105 Å². The molecule has 0 bridgehead atoms. The number of ether oxygens (including phenoxy) is 2. The first-order valence-electron chi connectivity index (χ1n) is 12.8. The first-order valence-corrected chi connectivity index (χ1v) is 14.2. The third kappa shape index (κ3) is 7.32. The lowest BCUT2D eigenvalue weighted by molar-refractivity contribution is -0.140. The standard InChI is InChI=1S/C25H36F2N2O6S.ClH/c1-17-6-7-23(36(32,33)29-13-3-5-20(29)24(30)31)21(14-17)35-22-16-34-15-18(22)4-2-12-28-19-8-10-25(26,27)11-9-19;/h6-7,14,18-20,22,28H,2-5,8-13,15-16H2,1H3,(H,30,31);1H/t18-,20+,22+;/m1./s1. The minimum atomic E-state index is -4.06. The number of rotatable bonds is 10. The SMILES string of the molecule is Cc1ccc(S(=O)(=O)N2CCC[C@H]2C(=O)O)c(O[C@H]2COC[C@H]2CCCNC2CCC(F)(F)CC2)c1.Cl. The van der Waals surface area contributed by atoms with Crippen LogP contribution in [-0.2, 0) is 19.6 Å². The number of sulfonamides is 1. The molecule has 0 aromatic heterocycles. The zero-order valence-electron chi connectivity index (χ0n) is 21.0. The Kier molecular flexibility index (Phi) is 10.2. The van der Waals surface area contributed by atoms with E-state index in [1.54, 1.807) is 12.1 Å². The van der Waals surface area contributed by atoms with Crippen LogP contribution in [0.5, 0.6) is 5.75 Å². The number of nitrogens with zero attached hydrogens (tertiary/aromatic N) is 1. The van der Waals surface area contributed by atoms with Crippen molar-refractivity contribution in [3.8, 4) is 5.75 Å². The van der Waals surface area contributed by atoms with Crippen molar-refractivity contribution in [1.82, 2.24) is 9.62 Å². The van der Waals surface area contributed by atoms with E-state index in [4.69, 9.17) is 9.47 Å². The van der Waals surface area contributed by atoms with Crippen molar-refractivity contribution in [1.29, 1.82) is 0 Å². The summed E-state index contributed by atoms with van der Waals surface area (Å²) < 4.78 is 66.5. The van der Waals surface area contributed by atoms with Gasteiger partial charge in [-0.25, -0.2) is 17.2 Å². The number of halogens is 3. The molecule has 210 valence electrons. The summed E-state index contributed by atoms with van der Waals surface area (Å²) in [7, 11) is -4.06. The molecule has 0 radical (unpaired) electrons. The summed E-state index contributed by atoms with van der Waals surface area (Å²) in [5.41, 5.74) is 0.831. The zero-order valence-corrected chi connectivity index (χ0v) is 22.7. The van der Waals surface area contributed by atoms with Crippen LogP contribution < -0.4 is 10.1 Å². The number of aliphatic carboxylic acids is 1. The molecule has 3 fully saturated rings. The number of carboxylic acids is 1. The number of carbonyl (C=O) groups is 1. The number of aryl methyl sites for hydroxylation is 1. The first kappa shape index (κ1) is 30.0. The van der Waals surface area contributed by atoms with Crippen LogP contribution >= 0.6 is 12.4 Å². The van der Waals surface area contributed by atoms with E-state index in [1.165, 1.54) is 6.07 Å². The van der Waals surface area contributed by atoms with Crippen molar-refractivity contribution in [2.24, 2.45) is 5.92 Å². The molecule has 1 aliphatic carbocycles. The van der Waals surface area contributed by atoms with E-state index < -0.39 is 28.0 Å². The minimum absolute atomic E-state index is 0. The van der Waals surface area contributed by atoms with Crippen molar-refractivity contribution in [2.45, 2.75) is 87.3 Å². The second kappa shape index (κ2) is 12.5. The summed E-state index contributed by atoms with van der Waals surface area (Å²) >= 11 is 0. The number of hydrogen-bond acceptors (Lipinski definition) is 6. The lowest BCUT2D eigenvalue weighted by atomic mass is 9.92. The van der Waals surface area contributed by atoms with E-state index in [-0.39, 0.29) is 66.9 Å². The van der Waals surface area contributed by atoms with Crippen LogP contribution in [-0.4, -0.2) is 74.2 Å². The fraction of sp³-hybridized carbons (Fsp3) is 0.720. The molecule has 4 rings (SSSR count). The number of hydrogen-bond donors (Lipinski definition) is 2. The van der Waals surface area contributed by atoms with Crippen molar-refractivity contribution in [3.05, 3.63) is 23.8 Å². The maximum Gasteiger partial charge on any atom is 0.322 e. The van der Waals surface area contributed by atoms with Crippen LogP contribution in [0.4, 0.5) is 8.78 Å². The third-order valence-electron chi connectivity index (χ3n) is 7.49. The van der Waals surface area contributed by atoms with Gasteiger partial charge in [0.2, 0.25) is 15.9 Å². The molecule has 12 heteroatoms. The molecule has 37 heavy (non-hydrogen) atoms. The second-order valence-corrected chi connectivity index (χ2v) is 12.1. The molecule has 0 amide bonds. The molecule has 1 aromatic carbocycles. The Hall–Kier alpha value is -1.53. The predicted octanol–water partition coefficient (Wildman–Crippen LogP) is 4.00. The summed E-state index contributed by atoms with van der Waals surface area (Å²) in [6, 6.07) is 3.89. The Morgan fingerprint density at radius 2 is 1.97 bits per heavy atom. The third-order valence-corrected chi connectivity index (χ3v) is 9.44. The molecule has 2 aliphatic heterocycles. The molecule has 2 heterocycles. The predicted molar refractivity (Wildman–Crippen MR) is 136 cm³/mol. The van der Waals surface area contributed by atoms with Gasteiger partial charge in [0.25, 0.3) is 0 Å². The highest BCUT2D eigenvalue weighted by molar-refractivity contribution is 7.89. The maximum atomic E-state index is 13.4. The average molecular weight is 567 g/mol. The van der Waals surface area contributed by atoms with E-state index in [0.29, 0.717) is 32.5 Å². The minimum Gasteiger partial charge on any atom is -0.486 e. The van der Waals surface area contributed by atoms with Crippen LogP contribution in [0.1, 0.15) is 56.9 Å². The number of carboxylic acid groups (broad SMARTS) is 1. The van der Waals surface area contributed by atoms with Gasteiger partial charge in [-0.15, -0.1) is 12.4 Å². The van der Waals surface area contributed by atoms with Gasteiger partial charge in [-0.05, 0) is 69.7 Å². The van der Waals surface area contributed by atoms with Crippen LogP contribution in [0, 0.1) is 12.8 Å². The molecule has 1 aromatic rings. The van der Waals surface area contributed by atoms with E-state index >= 15 is 0 Å². The molecule has 2 saturated heterocycles. The highest BCUT2D eigenvalue weighted by atomic mass is 35.5. The van der Waals surface area contributed by atoms with Crippen LogP contribution in [0.25, 0.3) is 0 Å². The first-order chi connectivity index (χ1) is 17.1. The van der Waals surface area contributed by atoms with E-state index in [9.17, 15) is 27.1 Å². The summed E-state index contributed by atoms with van der Waals surface area (Å²) in [5.74, 6) is -3.40. The van der Waals surface area contributed by atoms with Crippen LogP contribution in [0.15, 0.2) is 23.1 Å². The van der Waals surface area contributed by atoms with Crippen LogP contribution in [0.3, 0.4) is 0 Å². The highest BCUT2D eigenvalue weighted by Crippen LogP contribution is 2.35. The Balaban J connectivity index is 0.00000380. The molecule has 2 N–H and O–H groups in total. The zero-order chi connectivity index (χ0) is 25.9. The number of benzene rings is 1. The molecule has 0 unspecified atom stereocenters. The fourth-order valence-corrected chi connectivity index (χ4v) is 7.13. The van der Waals surface area contributed by atoms with Gasteiger partial charge in [-0.3, -0.25) is 4.79 Å². The maximum absolute atomic E-state index is 13.4. The Morgan fingerprint density at radius 3 is 2.68 bits per heavy atom. The number of nitrogens with one attached hydrogen (secondary N) is 1. The summed E-state index contributed by atoms with van der Waals surface area (Å²) in [5, 5.41) is 12.9. The summed E-state index contributed by atoms with van der Waals surface area (Å²) in [6.45, 7) is 3.56. The Bertz CT molecular complexity index is 1030. The van der Waals surface area contributed by atoms with Gasteiger partial charge in [0, 0.05) is 31.3 Å². The normalized spacial score (nSPS) is 26.6. The molecule has 3 atom stereocenters. The summed E-state index contributed by atoms with van der Waals surface area (Å²) in [6.07, 6.45) is 2.90. The van der Waals surface area contributed by atoms with Gasteiger partial charge in [0.15, 0.2) is 0 Å². The van der Waals surface area contributed by atoms with Gasteiger partial charge in [-0.2, -0.15) is 4.31 Å². The van der Waals surface area contributed by atoms with Crippen molar-refractivity contribution in [2.75, 3.05) is 26.3 Å². The average Bonchev–Trinajstić information content (AvgIpc) is 3.48. The van der Waals surface area contributed by atoms with E-state index in [2.05, 4.69) is 5.32 Å². The second-order valence-electron chi connectivity index (χ2n) is 10.2. The van der Waals surface area contributed by atoms with Gasteiger partial charge < -0.3 is 19.9 Å². The van der Waals surface area contributed by atoms with Crippen molar-refractivity contribution >= 4 is 28.4 Å². The lowest BCUT2D eigenvalue weighted by Crippen LogP contribution is -2.40. The molecule has 0 spiro atoms. The van der Waals surface area contributed by atoms with Gasteiger partial charge >= 0.3 is 5.97 Å². The van der Waals surface area contributed by atoms with E-state index in [1.807, 2.05) is 6.92 Å². The fourth-order valence-electron chi connectivity index (χ4n) is 5.38. The van der Waals surface area contributed by atoms with E-state index in [0.717, 1.165) is 29.3 Å². The van der Waals surface area contributed by atoms with Crippen molar-refractivity contribution < 1.29 is 36.6 Å². The largest absolute Gasteiger partial charge is 0.486 e. The lowest BCUT2D eigenvalue weighted by Gasteiger charge is -2.29. The molecule has 3 aliphatic rings. The highest BCUT2D eigenvalue weighted by Gasteiger charge is 2.41. The van der Waals surface area contributed by atoms with Crippen molar-refractivity contribution in [3.63, 3.8) is 0 Å². The van der Waals surface area contributed by atoms with Gasteiger partial charge in [0.05, 0.1) is 13.2 Å². The molecular weight excluding hydrogens is 530 g/mol. The van der Waals surface area contributed by atoms with Gasteiger partial charge in [-0.1, -0.05) is 6.07 Å². The molecular formula is C25H37ClF2N2O6S. The molecule has 1 saturated carbocycles.